The molecule has 1 saturated heterocycles. The summed E-state index contributed by atoms with van der Waals surface area (Å²) in [5.74, 6) is 0.921. The van der Waals surface area contributed by atoms with E-state index in [1.54, 1.807) is 58.4 Å². The Kier molecular flexibility index (Phi) is 9.44. The van der Waals surface area contributed by atoms with Gasteiger partial charge in [-0.05, 0) is 73.5 Å². The Morgan fingerprint density at radius 2 is 1.55 bits per heavy atom. The first-order valence-corrected chi connectivity index (χ1v) is 15.6. The molecule has 3 N–H and O–H groups in total. The molecule has 0 saturated carbocycles. The van der Waals surface area contributed by atoms with Gasteiger partial charge >= 0.3 is 5.63 Å². The van der Waals surface area contributed by atoms with Crippen molar-refractivity contribution in [1.82, 2.24) is 0 Å². The van der Waals surface area contributed by atoms with Crippen molar-refractivity contribution in [3.8, 4) is 39.5 Å². The van der Waals surface area contributed by atoms with Crippen molar-refractivity contribution in [3.63, 3.8) is 0 Å². The van der Waals surface area contributed by atoms with Gasteiger partial charge in [-0.2, -0.15) is 0 Å². The van der Waals surface area contributed by atoms with Gasteiger partial charge in [0.2, 0.25) is 6.29 Å². The smallest absolute Gasteiger partial charge is 0.360 e. The van der Waals surface area contributed by atoms with Gasteiger partial charge in [0.25, 0.3) is 5.91 Å². The van der Waals surface area contributed by atoms with Gasteiger partial charge in [0.05, 0.1) is 25.4 Å². The summed E-state index contributed by atoms with van der Waals surface area (Å²) in [6.07, 6.45) is -4.80. The monoisotopic (exact) mass is 667 g/mol. The molecule has 11 heteroatoms. The van der Waals surface area contributed by atoms with Crippen LogP contribution in [0, 0.1) is 0 Å². The number of nitrogens with one attached hydrogen (secondary N) is 1. The minimum absolute atomic E-state index is 0.0644. The molecule has 2 heterocycles. The topological polar surface area (TPSA) is 146 Å². The standard InChI is InChI=1S/C38H37NO10/c1-38(2)34(46-5)31(40)32(41)37(49-38)47-29-17-14-23-20-27(36(43)48-33(23)30(29)21-10-7-6-8-11-21)39-35(42)24-15-16-28(45-4)26(19-24)22-12-9-13-25(18-22)44-3/h6-20,31-32,34,37,40-41H,1-5H3,(H,39,42)/t31?,32?,34-,37?/m1/s1. The molecule has 4 aromatic carbocycles. The molecule has 3 unspecified atom stereocenters. The van der Waals surface area contributed by atoms with E-state index in [9.17, 15) is 19.8 Å². The van der Waals surface area contributed by atoms with Crippen LogP contribution >= 0.6 is 0 Å². The van der Waals surface area contributed by atoms with Crippen LogP contribution in [0.25, 0.3) is 33.2 Å². The molecule has 0 bridgehead atoms. The quantitative estimate of drug-likeness (QED) is 0.169. The largest absolute Gasteiger partial charge is 0.497 e. The van der Waals surface area contributed by atoms with Crippen molar-refractivity contribution in [2.24, 2.45) is 0 Å². The third-order valence-electron chi connectivity index (χ3n) is 8.56. The fraction of sp³-hybridized carbons (Fsp3) is 0.263. The maximum absolute atomic E-state index is 13.5. The van der Waals surface area contributed by atoms with Gasteiger partial charge < -0.3 is 43.6 Å². The number of rotatable bonds is 9. The summed E-state index contributed by atoms with van der Waals surface area (Å²) in [7, 11) is 4.55. The Morgan fingerprint density at radius 3 is 2.27 bits per heavy atom. The molecule has 1 aliphatic heterocycles. The number of amides is 1. The molecule has 4 atom stereocenters. The summed E-state index contributed by atoms with van der Waals surface area (Å²) in [6.45, 7) is 3.46. The van der Waals surface area contributed by atoms with Crippen LogP contribution in [0.5, 0.6) is 17.2 Å². The predicted molar refractivity (Wildman–Crippen MR) is 183 cm³/mol. The number of aliphatic hydroxyl groups is 2. The number of hydrogen-bond acceptors (Lipinski definition) is 10. The maximum Gasteiger partial charge on any atom is 0.360 e. The Labute approximate surface area is 282 Å². The third kappa shape index (κ3) is 6.61. The zero-order valence-electron chi connectivity index (χ0n) is 27.6. The summed E-state index contributed by atoms with van der Waals surface area (Å²) in [6, 6.07) is 26.3. The lowest BCUT2D eigenvalue weighted by atomic mass is 9.89. The molecule has 5 aromatic rings. The molecular weight excluding hydrogens is 630 g/mol. The second kappa shape index (κ2) is 13.7. The Bertz CT molecular complexity index is 2040. The second-order valence-electron chi connectivity index (χ2n) is 12.1. The molecule has 0 radical (unpaired) electrons. The van der Waals surface area contributed by atoms with E-state index in [2.05, 4.69) is 5.32 Å². The lowest BCUT2D eigenvalue weighted by Gasteiger charge is -2.46. The van der Waals surface area contributed by atoms with E-state index in [1.165, 1.54) is 13.2 Å². The number of anilines is 1. The second-order valence-corrected chi connectivity index (χ2v) is 12.1. The zero-order valence-corrected chi connectivity index (χ0v) is 27.6. The van der Waals surface area contributed by atoms with Crippen molar-refractivity contribution >= 4 is 22.6 Å². The number of carbonyl (C=O) groups is 1. The van der Waals surface area contributed by atoms with Crippen LogP contribution in [-0.4, -0.2) is 67.7 Å². The van der Waals surface area contributed by atoms with Gasteiger partial charge in [-0.1, -0.05) is 42.5 Å². The third-order valence-corrected chi connectivity index (χ3v) is 8.56. The van der Waals surface area contributed by atoms with Crippen LogP contribution in [0.1, 0.15) is 24.2 Å². The van der Waals surface area contributed by atoms with Crippen molar-refractivity contribution in [2.75, 3.05) is 26.6 Å². The molecule has 1 aromatic heterocycles. The first kappa shape index (κ1) is 33.7. The highest BCUT2D eigenvalue weighted by Gasteiger charge is 2.50. The number of carbonyl (C=O) groups excluding carboxylic acids is 1. The number of benzene rings is 4. The number of methoxy groups -OCH3 is 3. The SMILES string of the molecule is COc1cccc(-c2cc(C(=O)Nc3cc4ccc(OC5OC(C)(C)[C@H](OC)C(O)C5O)c(-c5ccccc5)c4oc3=O)ccc2OC)c1. The number of aliphatic hydroxyl groups excluding tert-OH is 2. The molecule has 6 rings (SSSR count). The minimum atomic E-state index is -1.44. The van der Waals surface area contributed by atoms with E-state index in [4.69, 9.17) is 28.1 Å². The molecular formula is C38H37NO10. The Hall–Kier alpha value is -5.20. The van der Waals surface area contributed by atoms with Crippen molar-refractivity contribution in [1.29, 1.82) is 0 Å². The molecule has 0 spiro atoms. The van der Waals surface area contributed by atoms with Crippen LogP contribution in [-0.2, 0) is 9.47 Å². The summed E-state index contributed by atoms with van der Waals surface area (Å²) >= 11 is 0. The first-order chi connectivity index (χ1) is 23.5. The molecule has 254 valence electrons. The van der Waals surface area contributed by atoms with Gasteiger partial charge in [0.1, 0.15) is 46.8 Å². The van der Waals surface area contributed by atoms with Gasteiger partial charge in [0, 0.05) is 23.6 Å². The summed E-state index contributed by atoms with van der Waals surface area (Å²) in [4.78, 5) is 26.9. The summed E-state index contributed by atoms with van der Waals surface area (Å²) in [5, 5.41) is 24.9. The average Bonchev–Trinajstić information content (AvgIpc) is 3.11. The van der Waals surface area contributed by atoms with Crippen molar-refractivity contribution < 1.29 is 43.1 Å². The van der Waals surface area contributed by atoms with Gasteiger partial charge in [0.15, 0.2) is 0 Å². The lowest BCUT2D eigenvalue weighted by molar-refractivity contribution is -0.305. The van der Waals surface area contributed by atoms with Crippen LogP contribution in [0.4, 0.5) is 5.69 Å². The van der Waals surface area contributed by atoms with Crippen LogP contribution < -0.4 is 25.2 Å². The minimum Gasteiger partial charge on any atom is -0.497 e. The van der Waals surface area contributed by atoms with E-state index in [1.807, 2.05) is 54.6 Å². The van der Waals surface area contributed by atoms with Gasteiger partial charge in [-0.15, -0.1) is 0 Å². The molecule has 11 nitrogen and oxygen atoms in total. The zero-order chi connectivity index (χ0) is 34.9. The molecule has 1 fully saturated rings. The highest BCUT2D eigenvalue weighted by Crippen LogP contribution is 2.40. The number of hydrogen-bond donors (Lipinski definition) is 3. The van der Waals surface area contributed by atoms with Crippen LogP contribution in [0.15, 0.2) is 100 Å². The highest BCUT2D eigenvalue weighted by molar-refractivity contribution is 6.06. The summed E-state index contributed by atoms with van der Waals surface area (Å²) in [5.41, 5.74) is 1.16. The fourth-order valence-electron chi connectivity index (χ4n) is 6.12. The van der Waals surface area contributed by atoms with E-state index in [0.29, 0.717) is 39.1 Å². The average molecular weight is 668 g/mol. The van der Waals surface area contributed by atoms with Crippen LogP contribution in [0.3, 0.4) is 0 Å². The van der Waals surface area contributed by atoms with Gasteiger partial charge in [-0.25, -0.2) is 4.79 Å². The number of fused-ring (bicyclic) bond motifs is 1. The molecule has 0 aliphatic carbocycles. The normalized spacial score (nSPS) is 20.1. The number of ether oxygens (including phenoxy) is 5. The van der Waals surface area contributed by atoms with Gasteiger partial charge in [-0.3, -0.25) is 4.79 Å². The molecule has 49 heavy (non-hydrogen) atoms. The van der Waals surface area contributed by atoms with E-state index >= 15 is 0 Å². The lowest BCUT2D eigenvalue weighted by Crippen LogP contribution is -2.63. The van der Waals surface area contributed by atoms with Crippen LogP contribution in [0.2, 0.25) is 0 Å². The first-order valence-electron chi connectivity index (χ1n) is 15.6. The van der Waals surface area contributed by atoms with Crippen molar-refractivity contribution in [3.05, 3.63) is 107 Å². The fourth-order valence-corrected chi connectivity index (χ4v) is 6.12. The molecule has 1 aliphatic rings. The Balaban J connectivity index is 1.35. The summed E-state index contributed by atoms with van der Waals surface area (Å²) < 4.78 is 34.4. The van der Waals surface area contributed by atoms with Crippen molar-refractivity contribution in [2.45, 2.75) is 44.1 Å². The van der Waals surface area contributed by atoms with E-state index < -0.39 is 41.7 Å². The predicted octanol–water partition coefficient (Wildman–Crippen LogP) is 5.65. The van der Waals surface area contributed by atoms with E-state index in [-0.39, 0.29) is 17.0 Å². The Morgan fingerprint density at radius 1 is 0.816 bits per heavy atom. The van der Waals surface area contributed by atoms with E-state index in [0.717, 1.165) is 5.56 Å². The highest BCUT2D eigenvalue weighted by atomic mass is 16.7. The molecule has 1 amide bonds. The maximum atomic E-state index is 13.5.